The summed E-state index contributed by atoms with van der Waals surface area (Å²) in [6.45, 7) is 7.33. The molecule has 2 heterocycles. The number of hydrogen-bond acceptors (Lipinski definition) is 5. The van der Waals surface area contributed by atoms with E-state index in [2.05, 4.69) is 18.7 Å². The first-order chi connectivity index (χ1) is 8.26. The zero-order valence-corrected chi connectivity index (χ0v) is 12.2. The van der Waals surface area contributed by atoms with Crippen LogP contribution in [0.1, 0.15) is 36.8 Å². The lowest BCUT2D eigenvalue weighted by Gasteiger charge is -2.25. The number of anilines is 1. The first-order valence-electron chi connectivity index (χ1n) is 6.28. The van der Waals surface area contributed by atoms with E-state index in [-0.39, 0.29) is 0 Å². The van der Waals surface area contributed by atoms with Crippen molar-refractivity contribution in [2.24, 2.45) is 5.73 Å². The van der Waals surface area contributed by atoms with Gasteiger partial charge in [0.15, 0.2) is 5.13 Å². The Morgan fingerprint density at radius 3 is 2.71 bits per heavy atom. The molecule has 0 amide bonds. The summed E-state index contributed by atoms with van der Waals surface area (Å²) in [6, 6.07) is 0. The molecule has 2 rings (SSSR count). The van der Waals surface area contributed by atoms with Gasteiger partial charge in [-0.1, -0.05) is 13.8 Å². The van der Waals surface area contributed by atoms with Gasteiger partial charge < -0.3 is 10.6 Å². The Bertz CT molecular complexity index is 359. The van der Waals surface area contributed by atoms with Crippen LogP contribution in [0.5, 0.6) is 0 Å². The van der Waals surface area contributed by atoms with Gasteiger partial charge in [0, 0.05) is 36.0 Å². The van der Waals surface area contributed by atoms with E-state index in [1.165, 1.54) is 27.2 Å². The number of rotatable bonds is 4. The molecule has 5 heteroatoms. The third-order valence-corrected chi connectivity index (χ3v) is 5.36. The fraction of sp³-hybridized carbons (Fsp3) is 0.750. The fourth-order valence-corrected chi connectivity index (χ4v) is 3.98. The summed E-state index contributed by atoms with van der Waals surface area (Å²) < 4.78 is 0. The monoisotopic (exact) mass is 271 g/mol. The highest BCUT2D eigenvalue weighted by Crippen LogP contribution is 2.32. The highest BCUT2D eigenvalue weighted by Gasteiger charge is 2.19. The first-order valence-corrected chi connectivity index (χ1v) is 8.25. The van der Waals surface area contributed by atoms with Crippen molar-refractivity contribution in [2.75, 3.05) is 29.5 Å². The standard InChI is InChI=1S/C12H21N3S2/c1-3-9(2)11-10(8-13)17-12(14-11)15-4-6-16-7-5-15/h9H,3-8,13H2,1-2H3. The van der Waals surface area contributed by atoms with Crippen molar-refractivity contribution < 1.29 is 0 Å². The van der Waals surface area contributed by atoms with Crippen LogP contribution in [0.2, 0.25) is 0 Å². The highest BCUT2D eigenvalue weighted by molar-refractivity contribution is 7.99. The molecule has 1 aliphatic rings. The van der Waals surface area contributed by atoms with Crippen LogP contribution in [-0.4, -0.2) is 29.6 Å². The van der Waals surface area contributed by atoms with Gasteiger partial charge in [-0.05, 0) is 12.3 Å². The zero-order valence-electron chi connectivity index (χ0n) is 10.6. The summed E-state index contributed by atoms with van der Waals surface area (Å²) in [5.41, 5.74) is 7.06. The van der Waals surface area contributed by atoms with Crippen molar-refractivity contribution >= 4 is 28.2 Å². The smallest absolute Gasteiger partial charge is 0.185 e. The third kappa shape index (κ3) is 2.95. The minimum Gasteiger partial charge on any atom is -0.346 e. The second-order valence-corrected chi connectivity index (χ2v) is 6.70. The predicted octanol–water partition coefficient (Wildman–Crippen LogP) is 2.67. The molecule has 1 saturated heterocycles. The molecule has 0 aromatic carbocycles. The molecular formula is C12H21N3S2. The molecule has 0 spiro atoms. The lowest BCUT2D eigenvalue weighted by Crippen LogP contribution is -2.32. The normalized spacial score (nSPS) is 18.4. The molecule has 1 aromatic heterocycles. The fourth-order valence-electron chi connectivity index (χ4n) is 1.97. The minimum atomic E-state index is 0.526. The molecule has 1 unspecified atom stereocenters. The van der Waals surface area contributed by atoms with E-state index in [1.54, 1.807) is 11.3 Å². The van der Waals surface area contributed by atoms with Gasteiger partial charge in [0.1, 0.15) is 0 Å². The quantitative estimate of drug-likeness (QED) is 0.914. The van der Waals surface area contributed by atoms with Crippen molar-refractivity contribution in [3.63, 3.8) is 0 Å². The Kier molecular flexibility index (Phi) is 4.70. The molecule has 96 valence electrons. The van der Waals surface area contributed by atoms with Crippen LogP contribution in [0.4, 0.5) is 5.13 Å². The number of hydrogen-bond donors (Lipinski definition) is 1. The molecule has 0 radical (unpaired) electrons. The van der Waals surface area contributed by atoms with E-state index in [0.29, 0.717) is 12.5 Å². The molecule has 0 saturated carbocycles. The van der Waals surface area contributed by atoms with E-state index in [0.717, 1.165) is 19.5 Å². The molecule has 1 aliphatic heterocycles. The lowest BCUT2D eigenvalue weighted by atomic mass is 10.0. The number of nitrogens with two attached hydrogens (primary N) is 1. The molecule has 2 N–H and O–H groups in total. The Morgan fingerprint density at radius 2 is 2.12 bits per heavy atom. The van der Waals surface area contributed by atoms with Gasteiger partial charge in [0.2, 0.25) is 0 Å². The largest absolute Gasteiger partial charge is 0.346 e. The zero-order chi connectivity index (χ0) is 12.3. The molecule has 1 aromatic rings. The second-order valence-electron chi connectivity index (χ2n) is 4.42. The highest BCUT2D eigenvalue weighted by atomic mass is 32.2. The maximum atomic E-state index is 5.83. The minimum absolute atomic E-state index is 0.526. The Hall–Kier alpha value is -0.260. The van der Waals surface area contributed by atoms with Crippen LogP contribution in [-0.2, 0) is 6.54 Å². The van der Waals surface area contributed by atoms with E-state index >= 15 is 0 Å². The summed E-state index contributed by atoms with van der Waals surface area (Å²) in [7, 11) is 0. The second kappa shape index (κ2) is 6.07. The van der Waals surface area contributed by atoms with Crippen LogP contribution >= 0.6 is 23.1 Å². The third-order valence-electron chi connectivity index (χ3n) is 3.26. The van der Waals surface area contributed by atoms with Gasteiger partial charge in [-0.3, -0.25) is 0 Å². The van der Waals surface area contributed by atoms with Crippen LogP contribution in [0.15, 0.2) is 0 Å². The van der Waals surface area contributed by atoms with E-state index in [4.69, 9.17) is 10.7 Å². The Labute approximate surface area is 112 Å². The van der Waals surface area contributed by atoms with E-state index in [9.17, 15) is 0 Å². The molecule has 1 fully saturated rings. The van der Waals surface area contributed by atoms with Crippen LogP contribution in [0, 0.1) is 0 Å². The van der Waals surface area contributed by atoms with Crippen LogP contribution < -0.4 is 10.6 Å². The van der Waals surface area contributed by atoms with E-state index < -0.39 is 0 Å². The van der Waals surface area contributed by atoms with Gasteiger partial charge >= 0.3 is 0 Å². The summed E-state index contributed by atoms with van der Waals surface area (Å²) >= 11 is 3.82. The van der Waals surface area contributed by atoms with Crippen LogP contribution in [0.3, 0.4) is 0 Å². The molecule has 0 bridgehead atoms. The van der Waals surface area contributed by atoms with Gasteiger partial charge in [-0.2, -0.15) is 11.8 Å². The summed E-state index contributed by atoms with van der Waals surface area (Å²) in [5, 5.41) is 1.18. The summed E-state index contributed by atoms with van der Waals surface area (Å²) in [6.07, 6.45) is 1.13. The number of aromatic nitrogens is 1. The number of nitrogens with zero attached hydrogens (tertiary/aromatic N) is 2. The first kappa shape index (κ1) is 13.2. The van der Waals surface area contributed by atoms with Gasteiger partial charge in [0.25, 0.3) is 0 Å². The molecular weight excluding hydrogens is 250 g/mol. The molecule has 0 aliphatic carbocycles. The molecule has 1 atom stereocenters. The van der Waals surface area contributed by atoms with Crippen molar-refractivity contribution in [3.05, 3.63) is 10.6 Å². The average molecular weight is 271 g/mol. The van der Waals surface area contributed by atoms with Gasteiger partial charge in [-0.25, -0.2) is 4.98 Å². The maximum absolute atomic E-state index is 5.83. The SMILES string of the molecule is CCC(C)c1nc(N2CCSCC2)sc1CN. The Morgan fingerprint density at radius 1 is 1.41 bits per heavy atom. The summed E-state index contributed by atoms with van der Waals surface area (Å²) in [5.74, 6) is 2.96. The van der Waals surface area contributed by atoms with Crippen molar-refractivity contribution in [3.8, 4) is 0 Å². The van der Waals surface area contributed by atoms with Crippen molar-refractivity contribution in [1.82, 2.24) is 4.98 Å². The summed E-state index contributed by atoms with van der Waals surface area (Å²) in [4.78, 5) is 8.51. The van der Waals surface area contributed by atoms with E-state index in [1.807, 2.05) is 11.8 Å². The Balaban J connectivity index is 2.20. The molecule has 3 nitrogen and oxygen atoms in total. The number of thiazole rings is 1. The molecule has 17 heavy (non-hydrogen) atoms. The average Bonchev–Trinajstić information content (AvgIpc) is 2.83. The van der Waals surface area contributed by atoms with Crippen LogP contribution in [0.25, 0.3) is 0 Å². The number of thioether (sulfide) groups is 1. The van der Waals surface area contributed by atoms with Gasteiger partial charge in [-0.15, -0.1) is 11.3 Å². The lowest BCUT2D eigenvalue weighted by molar-refractivity contribution is 0.701. The van der Waals surface area contributed by atoms with Gasteiger partial charge in [0.05, 0.1) is 5.69 Å². The van der Waals surface area contributed by atoms with Crippen molar-refractivity contribution in [2.45, 2.75) is 32.7 Å². The van der Waals surface area contributed by atoms with Crippen molar-refractivity contribution in [1.29, 1.82) is 0 Å². The predicted molar refractivity (Wildman–Crippen MR) is 78.2 cm³/mol. The topological polar surface area (TPSA) is 42.2 Å². The maximum Gasteiger partial charge on any atom is 0.185 e.